The Morgan fingerprint density at radius 2 is 1.60 bits per heavy atom. The lowest BCUT2D eigenvalue weighted by atomic mass is 9.49. The lowest BCUT2D eigenvalue weighted by Gasteiger charge is -2.56. The minimum Gasteiger partial charge on any atom is -0.493 e. The van der Waals surface area contributed by atoms with Gasteiger partial charge in [0.15, 0.2) is 11.5 Å². The summed E-state index contributed by atoms with van der Waals surface area (Å²) in [7, 11) is 3.29. The molecule has 0 N–H and O–H groups in total. The van der Waals surface area contributed by atoms with Crippen LogP contribution in [0.15, 0.2) is 29.6 Å². The van der Waals surface area contributed by atoms with Gasteiger partial charge in [0.05, 0.1) is 32.7 Å². The summed E-state index contributed by atoms with van der Waals surface area (Å²) in [5, 5.41) is 2.10. The molecule has 2 heterocycles. The molecule has 4 aliphatic carbocycles. The number of amides is 2. The second-order valence-electron chi connectivity index (χ2n) is 13.8. The van der Waals surface area contributed by atoms with E-state index in [2.05, 4.69) is 23.3 Å². The Labute approximate surface area is 261 Å². The van der Waals surface area contributed by atoms with E-state index < -0.39 is 0 Å². The van der Waals surface area contributed by atoms with E-state index in [9.17, 15) is 9.59 Å². The van der Waals surface area contributed by atoms with Crippen LogP contribution in [0, 0.1) is 30.1 Å². The second kappa shape index (κ2) is 13.2. The Hall–Kier alpha value is -2.58. The van der Waals surface area contributed by atoms with Crippen molar-refractivity contribution in [2.75, 3.05) is 53.5 Å². The average molecular weight is 608 g/mol. The van der Waals surface area contributed by atoms with Crippen LogP contribution in [0.2, 0.25) is 0 Å². The number of aryl methyl sites for hydroxylation is 1. The van der Waals surface area contributed by atoms with E-state index in [0.29, 0.717) is 55.3 Å². The van der Waals surface area contributed by atoms with Crippen molar-refractivity contribution in [3.8, 4) is 11.5 Å². The third-order valence-corrected chi connectivity index (χ3v) is 11.8. The number of hydrogen-bond acceptors (Lipinski definition) is 6. The van der Waals surface area contributed by atoms with Gasteiger partial charge in [-0.05, 0) is 130 Å². The maximum atomic E-state index is 14.6. The van der Waals surface area contributed by atoms with Crippen LogP contribution in [0.4, 0.5) is 0 Å². The van der Waals surface area contributed by atoms with Gasteiger partial charge in [-0.2, -0.15) is 0 Å². The van der Waals surface area contributed by atoms with E-state index in [-0.39, 0.29) is 23.8 Å². The van der Waals surface area contributed by atoms with Gasteiger partial charge >= 0.3 is 0 Å². The summed E-state index contributed by atoms with van der Waals surface area (Å²) < 4.78 is 11.0. The maximum absolute atomic E-state index is 14.6. The summed E-state index contributed by atoms with van der Waals surface area (Å²) >= 11 is 1.70. The minimum atomic E-state index is -0.241. The van der Waals surface area contributed by atoms with E-state index in [0.717, 1.165) is 44.5 Å². The second-order valence-corrected chi connectivity index (χ2v) is 14.8. The van der Waals surface area contributed by atoms with Crippen molar-refractivity contribution >= 4 is 23.2 Å². The number of benzene rings is 1. The Morgan fingerprint density at radius 1 is 0.930 bits per heavy atom. The molecule has 0 atom stereocenters. The molecule has 7 rings (SSSR count). The molecule has 7 nitrogen and oxygen atoms in total. The number of rotatable bonds is 13. The summed E-state index contributed by atoms with van der Waals surface area (Å²) in [6, 6.07) is 8.08. The van der Waals surface area contributed by atoms with E-state index >= 15 is 0 Å². The first-order chi connectivity index (χ1) is 20.9. The summed E-state index contributed by atoms with van der Waals surface area (Å²) in [4.78, 5) is 36.4. The molecule has 1 aliphatic heterocycles. The number of carbonyl (C=O) groups is 2. The molecule has 2 aromatic rings. The number of likely N-dealkylation sites (tertiary alicyclic amines) is 1. The number of carbonyl (C=O) groups excluding carboxylic acids is 2. The molecule has 1 aromatic carbocycles. The van der Waals surface area contributed by atoms with Gasteiger partial charge in [-0.3, -0.25) is 9.59 Å². The van der Waals surface area contributed by atoms with Crippen LogP contribution in [0.25, 0.3) is 0 Å². The first-order valence-electron chi connectivity index (χ1n) is 16.4. The Balaban J connectivity index is 1.20. The van der Waals surface area contributed by atoms with Crippen LogP contribution >= 0.6 is 11.3 Å². The quantitative estimate of drug-likeness (QED) is 0.289. The summed E-state index contributed by atoms with van der Waals surface area (Å²) in [6.45, 7) is 7.14. The van der Waals surface area contributed by atoms with E-state index in [1.54, 1.807) is 25.6 Å². The molecule has 234 valence electrons. The predicted octanol–water partition coefficient (Wildman–Crippen LogP) is 5.79. The molecule has 4 bridgehead atoms. The molecule has 1 saturated heterocycles. The van der Waals surface area contributed by atoms with E-state index in [1.807, 2.05) is 28.0 Å². The fourth-order valence-electron chi connectivity index (χ4n) is 8.82. The zero-order valence-electron chi connectivity index (χ0n) is 26.3. The molecule has 0 unspecified atom stereocenters. The van der Waals surface area contributed by atoms with Crippen LogP contribution in [0.1, 0.15) is 67.4 Å². The highest BCUT2D eigenvalue weighted by Crippen LogP contribution is 2.60. The molecule has 1 aromatic heterocycles. The molecule has 2 amide bonds. The predicted molar refractivity (Wildman–Crippen MR) is 171 cm³/mol. The number of nitrogens with zero attached hydrogens (tertiary/aromatic N) is 3. The smallest absolute Gasteiger partial charge is 0.242 e. The maximum Gasteiger partial charge on any atom is 0.242 e. The minimum absolute atomic E-state index is 0.0489. The Bertz CT molecular complexity index is 1250. The monoisotopic (exact) mass is 607 g/mol. The normalized spacial score (nSPS) is 26.1. The highest BCUT2D eigenvalue weighted by Gasteiger charge is 2.55. The molecule has 4 saturated carbocycles. The molecule has 8 heteroatoms. The van der Waals surface area contributed by atoms with Crippen molar-refractivity contribution in [1.82, 2.24) is 14.7 Å². The number of ether oxygens (including phenoxy) is 2. The Kier molecular flexibility index (Phi) is 9.34. The van der Waals surface area contributed by atoms with Crippen molar-refractivity contribution in [2.24, 2.45) is 23.2 Å². The highest BCUT2D eigenvalue weighted by atomic mass is 32.1. The molecule has 43 heavy (non-hydrogen) atoms. The van der Waals surface area contributed by atoms with E-state index in [4.69, 9.17) is 9.47 Å². The summed E-state index contributed by atoms with van der Waals surface area (Å²) in [6.07, 6.45) is 10.2. The molecule has 5 fully saturated rings. The first kappa shape index (κ1) is 30.4. The van der Waals surface area contributed by atoms with Crippen molar-refractivity contribution in [3.63, 3.8) is 0 Å². The van der Waals surface area contributed by atoms with Crippen molar-refractivity contribution < 1.29 is 19.1 Å². The standard InChI is InChI=1S/C35H49N3O4S/c1-25-9-15-43-32(25)23-37(12-8-26-6-7-30(41-2)31(19-26)42-3)33(39)24-38(14-13-36-10-4-5-11-36)34(40)35-20-27-16-28(21-35)18-29(17-27)22-35/h6-7,9,15,19,27-29H,4-5,8,10-14,16-18,20-24H2,1-3H3. The zero-order chi connectivity index (χ0) is 30.0. The molecule has 5 aliphatic rings. The number of hydrogen-bond donors (Lipinski definition) is 0. The van der Waals surface area contributed by atoms with Crippen LogP contribution < -0.4 is 9.47 Å². The average Bonchev–Trinajstić information content (AvgIpc) is 3.67. The largest absolute Gasteiger partial charge is 0.493 e. The Morgan fingerprint density at radius 3 is 2.21 bits per heavy atom. The fourth-order valence-corrected chi connectivity index (χ4v) is 9.74. The van der Waals surface area contributed by atoms with Crippen molar-refractivity contribution in [1.29, 1.82) is 0 Å². The van der Waals surface area contributed by atoms with Gasteiger partial charge in [-0.1, -0.05) is 6.07 Å². The van der Waals surface area contributed by atoms with Crippen molar-refractivity contribution in [2.45, 2.75) is 71.3 Å². The highest BCUT2D eigenvalue weighted by molar-refractivity contribution is 7.10. The van der Waals surface area contributed by atoms with Crippen LogP contribution in [-0.2, 0) is 22.6 Å². The van der Waals surface area contributed by atoms with Gasteiger partial charge in [-0.25, -0.2) is 0 Å². The van der Waals surface area contributed by atoms with Gasteiger partial charge in [-0.15, -0.1) is 11.3 Å². The lowest BCUT2D eigenvalue weighted by molar-refractivity contribution is -0.160. The molecular weight excluding hydrogens is 558 g/mol. The molecule has 0 radical (unpaired) electrons. The zero-order valence-corrected chi connectivity index (χ0v) is 27.1. The van der Waals surface area contributed by atoms with Crippen LogP contribution in [-0.4, -0.2) is 80.0 Å². The first-order valence-corrected chi connectivity index (χ1v) is 17.3. The van der Waals surface area contributed by atoms with Gasteiger partial charge < -0.3 is 24.2 Å². The van der Waals surface area contributed by atoms with E-state index in [1.165, 1.54) is 42.5 Å². The number of thiophene rings is 1. The lowest BCUT2D eigenvalue weighted by Crippen LogP contribution is -2.57. The van der Waals surface area contributed by atoms with Crippen LogP contribution in [0.5, 0.6) is 11.5 Å². The SMILES string of the molecule is COc1ccc(CCN(Cc2sccc2C)C(=O)CN(CCN2CCCC2)C(=O)C23CC4CC(CC(C4)C2)C3)cc1OC. The topological polar surface area (TPSA) is 62.3 Å². The van der Waals surface area contributed by atoms with Gasteiger partial charge in [0, 0.05) is 24.5 Å². The third kappa shape index (κ3) is 6.75. The molecule has 0 spiro atoms. The summed E-state index contributed by atoms with van der Waals surface area (Å²) in [5.74, 6) is 3.81. The van der Waals surface area contributed by atoms with Gasteiger partial charge in [0.1, 0.15) is 0 Å². The van der Waals surface area contributed by atoms with Crippen molar-refractivity contribution in [3.05, 3.63) is 45.6 Å². The van der Waals surface area contributed by atoms with Gasteiger partial charge in [0.25, 0.3) is 0 Å². The fraction of sp³-hybridized carbons (Fsp3) is 0.657. The van der Waals surface area contributed by atoms with Crippen LogP contribution in [0.3, 0.4) is 0 Å². The number of methoxy groups -OCH3 is 2. The third-order valence-electron chi connectivity index (χ3n) is 10.8. The molecular formula is C35H49N3O4S. The summed E-state index contributed by atoms with van der Waals surface area (Å²) in [5.41, 5.74) is 2.06. The van der Waals surface area contributed by atoms with Gasteiger partial charge in [0.2, 0.25) is 11.8 Å².